The van der Waals surface area contributed by atoms with Crippen molar-refractivity contribution >= 4 is 22.2 Å². The topological polar surface area (TPSA) is 123 Å². The van der Waals surface area contributed by atoms with E-state index < -0.39 is 32.8 Å². The molecule has 1 aliphatic heterocycles. The molecule has 1 saturated heterocycles. The Morgan fingerprint density at radius 1 is 1.17 bits per heavy atom. The molecule has 6 rings (SSSR count). The zero-order valence-electron chi connectivity index (χ0n) is 22.2. The predicted molar refractivity (Wildman–Crippen MR) is 142 cm³/mol. The number of piperidine rings is 1. The summed E-state index contributed by atoms with van der Waals surface area (Å²) in [4.78, 5) is 15.9. The van der Waals surface area contributed by atoms with Crippen molar-refractivity contribution in [3.05, 3.63) is 87.9 Å². The number of hydrogen-bond donors (Lipinski definition) is 2. The van der Waals surface area contributed by atoms with Crippen LogP contribution in [0, 0.1) is 5.82 Å². The van der Waals surface area contributed by atoms with Gasteiger partial charge in [-0.05, 0) is 68.3 Å². The normalized spacial score (nSPS) is 18.7. The zero-order chi connectivity index (χ0) is 29.9. The van der Waals surface area contributed by atoms with Gasteiger partial charge in [0.25, 0.3) is 0 Å². The van der Waals surface area contributed by atoms with Crippen LogP contribution in [0.2, 0.25) is 0 Å². The summed E-state index contributed by atoms with van der Waals surface area (Å²) in [6, 6.07) is 6.98. The minimum Gasteiger partial charge on any atom is -0.315 e. The number of carbonyl (C=O) groups is 1. The first-order valence-corrected chi connectivity index (χ1v) is 14.6. The van der Waals surface area contributed by atoms with Gasteiger partial charge in [0.15, 0.2) is 11.3 Å². The molecule has 1 aromatic carbocycles. The Morgan fingerprint density at radius 3 is 2.62 bits per heavy atom. The van der Waals surface area contributed by atoms with Crippen LogP contribution >= 0.6 is 0 Å². The molecule has 0 radical (unpaired) electrons. The van der Waals surface area contributed by atoms with Gasteiger partial charge in [-0.25, -0.2) is 22.5 Å². The molecule has 1 fully saturated rings. The van der Waals surface area contributed by atoms with Crippen LogP contribution < -0.4 is 5.32 Å². The van der Waals surface area contributed by atoms with Gasteiger partial charge in [0.2, 0.25) is 9.84 Å². The smallest absolute Gasteiger partial charge is 0.315 e. The molecule has 1 unspecified atom stereocenters. The number of sulfone groups is 1. The number of benzene rings is 1. The Hall–Kier alpha value is -4.17. The van der Waals surface area contributed by atoms with Crippen LogP contribution in [0.5, 0.6) is 0 Å². The van der Waals surface area contributed by atoms with Gasteiger partial charge in [-0.3, -0.25) is 9.89 Å². The Kier molecular flexibility index (Phi) is 6.65. The third-order valence-corrected chi connectivity index (χ3v) is 9.57. The van der Waals surface area contributed by atoms with Gasteiger partial charge in [-0.2, -0.15) is 23.4 Å². The number of alkyl halides is 3. The highest BCUT2D eigenvalue weighted by atomic mass is 32.2. The monoisotopic (exact) mass is 600 g/mol. The van der Waals surface area contributed by atoms with E-state index in [1.165, 1.54) is 35.1 Å². The van der Waals surface area contributed by atoms with Crippen molar-refractivity contribution < 1.29 is 30.8 Å². The molecule has 4 aromatic rings. The molecule has 9 nitrogen and oxygen atoms in total. The number of hydrogen-bond acceptors (Lipinski definition) is 7. The molecular formula is C28H24F4N6O3S. The molecule has 2 aliphatic rings. The maximum Gasteiger partial charge on any atom is 0.416 e. The standard InChI is InChI=1S/C28H24F4N6O3S/c1-2-22-24(13-34-36-22)42(40,41)26-21-12-27(25-11-17(28(30,31)32)9-19(14-39)35-25)15-33-8-7-16(27)10-23(21)38(37-26)20-5-3-18(29)4-6-20/h3-6,9-11,13-14,33H,2,7-8,12,15H2,1H3,(H,34,36). The van der Waals surface area contributed by atoms with Crippen LogP contribution in [0.3, 0.4) is 0 Å². The summed E-state index contributed by atoms with van der Waals surface area (Å²) in [6.45, 7) is 2.43. The molecule has 0 spiro atoms. The molecule has 0 saturated carbocycles. The van der Waals surface area contributed by atoms with E-state index in [0.717, 1.165) is 6.07 Å². The first kappa shape index (κ1) is 28.0. The summed E-state index contributed by atoms with van der Waals surface area (Å²) in [5.74, 6) is -0.490. The molecule has 1 atom stereocenters. The fourth-order valence-corrected chi connectivity index (χ4v) is 7.35. The average Bonchev–Trinajstić information content (AvgIpc) is 3.61. The Bertz CT molecular complexity index is 1840. The second-order valence-electron chi connectivity index (χ2n) is 10.2. The van der Waals surface area contributed by atoms with E-state index in [9.17, 15) is 30.8 Å². The van der Waals surface area contributed by atoms with Crippen LogP contribution in [0.15, 0.2) is 58.1 Å². The fourth-order valence-electron chi connectivity index (χ4n) is 5.75. The van der Waals surface area contributed by atoms with Crippen molar-refractivity contribution in [2.24, 2.45) is 0 Å². The number of pyridine rings is 1. The lowest BCUT2D eigenvalue weighted by molar-refractivity contribution is -0.137. The van der Waals surface area contributed by atoms with E-state index in [-0.39, 0.29) is 46.1 Å². The van der Waals surface area contributed by atoms with Gasteiger partial charge in [-0.1, -0.05) is 12.5 Å². The van der Waals surface area contributed by atoms with Crippen LogP contribution in [-0.2, 0) is 34.3 Å². The molecule has 0 bridgehead atoms. The van der Waals surface area contributed by atoms with E-state index in [4.69, 9.17) is 0 Å². The largest absolute Gasteiger partial charge is 0.416 e. The quantitative estimate of drug-likeness (QED) is 0.251. The van der Waals surface area contributed by atoms with Gasteiger partial charge in [-0.15, -0.1) is 0 Å². The minimum atomic E-state index is -4.74. The van der Waals surface area contributed by atoms with Crippen LogP contribution in [0.1, 0.15) is 52.0 Å². The maximum absolute atomic E-state index is 14.1. The molecule has 14 heteroatoms. The number of nitrogens with one attached hydrogen (secondary N) is 2. The van der Waals surface area contributed by atoms with Crippen molar-refractivity contribution in [1.82, 2.24) is 30.3 Å². The zero-order valence-corrected chi connectivity index (χ0v) is 23.0. The van der Waals surface area contributed by atoms with Crippen LogP contribution in [-0.4, -0.2) is 52.8 Å². The predicted octanol–water partition coefficient (Wildman–Crippen LogP) is 4.23. The Balaban J connectivity index is 1.63. The summed E-state index contributed by atoms with van der Waals surface area (Å²) in [5.41, 5.74) is -0.520. The van der Waals surface area contributed by atoms with Crippen LogP contribution in [0.25, 0.3) is 11.8 Å². The highest BCUT2D eigenvalue weighted by molar-refractivity contribution is 7.91. The molecule has 4 heterocycles. The van der Waals surface area contributed by atoms with Crippen molar-refractivity contribution in [2.45, 2.75) is 47.7 Å². The van der Waals surface area contributed by atoms with E-state index in [1.54, 1.807) is 13.0 Å². The number of fused-ring (bicyclic) bond motifs is 2. The summed E-state index contributed by atoms with van der Waals surface area (Å²) in [5, 5.41) is 14.1. The lowest BCUT2D eigenvalue weighted by Crippen LogP contribution is -2.49. The van der Waals surface area contributed by atoms with E-state index >= 15 is 0 Å². The number of nitrogens with zero attached hydrogens (tertiary/aromatic N) is 4. The number of aldehydes is 1. The second kappa shape index (κ2) is 9.98. The van der Waals surface area contributed by atoms with Gasteiger partial charge in [0, 0.05) is 18.3 Å². The SMILES string of the molecule is CCc1n[nH]cc1S(=O)(=O)c1nn(-c2ccc(F)cc2)c2c1CC1(c3cc(C(F)(F)F)cc(C=O)n3)CNCCC1=C2. The number of aryl methyl sites for hydroxylation is 1. The van der Waals surface area contributed by atoms with Gasteiger partial charge in [0.05, 0.1) is 33.7 Å². The van der Waals surface area contributed by atoms with E-state index in [2.05, 4.69) is 25.6 Å². The molecule has 218 valence electrons. The van der Waals surface area contributed by atoms with Gasteiger partial charge < -0.3 is 5.32 Å². The highest BCUT2D eigenvalue weighted by Crippen LogP contribution is 2.47. The summed E-state index contributed by atoms with van der Waals surface area (Å²) in [6.07, 6.45) is -0.805. The lowest BCUT2D eigenvalue weighted by Gasteiger charge is -2.42. The molecule has 3 aromatic heterocycles. The van der Waals surface area contributed by atoms with E-state index in [0.29, 0.717) is 48.1 Å². The summed E-state index contributed by atoms with van der Waals surface area (Å²) < 4.78 is 85.0. The average molecular weight is 601 g/mol. The van der Waals surface area contributed by atoms with Crippen molar-refractivity contribution in [1.29, 1.82) is 0 Å². The third-order valence-electron chi connectivity index (χ3n) is 7.80. The summed E-state index contributed by atoms with van der Waals surface area (Å²) >= 11 is 0. The highest BCUT2D eigenvalue weighted by Gasteiger charge is 2.47. The van der Waals surface area contributed by atoms with E-state index in [1.807, 2.05) is 0 Å². The van der Waals surface area contributed by atoms with Gasteiger partial charge in [0.1, 0.15) is 16.4 Å². The van der Waals surface area contributed by atoms with Gasteiger partial charge >= 0.3 is 6.18 Å². The first-order chi connectivity index (χ1) is 20.0. The number of halogens is 4. The first-order valence-electron chi connectivity index (χ1n) is 13.1. The molecule has 1 aliphatic carbocycles. The summed E-state index contributed by atoms with van der Waals surface area (Å²) in [7, 11) is -4.27. The lowest BCUT2D eigenvalue weighted by atomic mass is 9.66. The molecule has 42 heavy (non-hydrogen) atoms. The van der Waals surface area contributed by atoms with Crippen molar-refractivity contribution in [3.8, 4) is 5.69 Å². The third kappa shape index (κ3) is 4.45. The fraction of sp³-hybridized carbons (Fsp3) is 0.286. The number of carbonyl (C=O) groups excluding carboxylic acids is 1. The number of aromatic amines is 1. The van der Waals surface area contributed by atoms with Crippen molar-refractivity contribution in [2.75, 3.05) is 13.1 Å². The molecular weight excluding hydrogens is 576 g/mol. The van der Waals surface area contributed by atoms with Crippen LogP contribution in [0.4, 0.5) is 17.6 Å². The maximum atomic E-state index is 14.1. The number of rotatable bonds is 6. The number of aromatic nitrogens is 5. The molecule has 2 N–H and O–H groups in total. The Labute approximate surface area is 237 Å². The Morgan fingerprint density at radius 2 is 1.93 bits per heavy atom. The minimum absolute atomic E-state index is 0.000960. The van der Waals surface area contributed by atoms with Crippen molar-refractivity contribution in [3.63, 3.8) is 0 Å². The number of H-pyrrole nitrogens is 1. The second-order valence-corrected chi connectivity index (χ2v) is 12.1. The molecule has 0 amide bonds.